The first-order chi connectivity index (χ1) is 4.30. The van der Waals surface area contributed by atoms with Gasteiger partial charge in [0.25, 0.3) is 0 Å². The van der Waals surface area contributed by atoms with Crippen LogP contribution < -0.4 is 5.73 Å². The Morgan fingerprint density at radius 3 is 2.44 bits per heavy atom. The van der Waals surface area contributed by atoms with E-state index in [0.29, 0.717) is 5.56 Å². The van der Waals surface area contributed by atoms with Crippen LogP contribution in [0.3, 0.4) is 0 Å². The molecule has 1 amide bonds. The van der Waals surface area contributed by atoms with Gasteiger partial charge in [0.15, 0.2) is 0 Å². The van der Waals surface area contributed by atoms with Gasteiger partial charge in [0.1, 0.15) is 0 Å². The molecule has 9 heavy (non-hydrogen) atoms. The van der Waals surface area contributed by atoms with Crippen LogP contribution in [0.15, 0.2) is 24.5 Å². The lowest BCUT2D eigenvalue weighted by molar-refractivity contribution is 0.1000. The molecule has 1 heterocycles. The zero-order valence-electron chi connectivity index (χ0n) is 4.74. The van der Waals surface area contributed by atoms with E-state index < -0.39 is 5.91 Å². The molecule has 3 nitrogen and oxygen atoms in total. The standard InChI is InChI=1S/C6H6N2O.H2/c7-6(9)5-1-3-8-4-2-5;/h1-4H,(H2,7,9);1H. The van der Waals surface area contributed by atoms with Crippen LogP contribution >= 0.6 is 0 Å². The van der Waals surface area contributed by atoms with E-state index in [1.165, 1.54) is 12.4 Å². The Morgan fingerprint density at radius 1 is 1.56 bits per heavy atom. The van der Waals surface area contributed by atoms with Crippen molar-refractivity contribution in [2.75, 3.05) is 0 Å². The largest absolute Gasteiger partial charge is 0.366 e. The van der Waals surface area contributed by atoms with E-state index in [2.05, 4.69) is 4.98 Å². The summed E-state index contributed by atoms with van der Waals surface area (Å²) in [5, 5.41) is 0. The molecule has 0 aliphatic rings. The fourth-order valence-electron chi connectivity index (χ4n) is 0.516. The summed E-state index contributed by atoms with van der Waals surface area (Å²) in [6.45, 7) is 0. The fraction of sp³-hybridized carbons (Fsp3) is 0. The van der Waals surface area contributed by atoms with E-state index in [-0.39, 0.29) is 1.43 Å². The van der Waals surface area contributed by atoms with Gasteiger partial charge in [-0.1, -0.05) is 0 Å². The quantitative estimate of drug-likeness (QED) is 0.590. The van der Waals surface area contributed by atoms with Crippen molar-refractivity contribution in [1.82, 2.24) is 4.98 Å². The van der Waals surface area contributed by atoms with Gasteiger partial charge in [-0.15, -0.1) is 0 Å². The Kier molecular flexibility index (Phi) is 1.44. The van der Waals surface area contributed by atoms with Gasteiger partial charge < -0.3 is 5.73 Å². The third-order valence-corrected chi connectivity index (χ3v) is 0.965. The lowest BCUT2D eigenvalue weighted by Gasteiger charge is -1.88. The highest BCUT2D eigenvalue weighted by atomic mass is 16.1. The predicted molar refractivity (Wildman–Crippen MR) is 34.9 cm³/mol. The van der Waals surface area contributed by atoms with Crippen LogP contribution in [-0.2, 0) is 0 Å². The lowest BCUT2D eigenvalue weighted by atomic mass is 10.3. The summed E-state index contributed by atoms with van der Waals surface area (Å²) in [7, 11) is 0. The van der Waals surface area contributed by atoms with Gasteiger partial charge in [0.05, 0.1) is 0 Å². The normalized spacial score (nSPS) is 8.89. The van der Waals surface area contributed by atoms with Crippen LogP contribution in [0.5, 0.6) is 0 Å². The molecule has 1 rings (SSSR count). The number of nitrogens with zero attached hydrogens (tertiary/aromatic N) is 1. The molecule has 0 radical (unpaired) electrons. The Balaban J connectivity index is 0.000000810. The molecule has 1 aromatic rings. The molecule has 0 spiro atoms. The molecule has 0 bridgehead atoms. The third kappa shape index (κ3) is 1.25. The molecule has 0 aliphatic heterocycles. The number of primary amides is 1. The second kappa shape index (κ2) is 2.26. The van der Waals surface area contributed by atoms with E-state index >= 15 is 0 Å². The summed E-state index contributed by atoms with van der Waals surface area (Å²) in [5.41, 5.74) is 5.44. The summed E-state index contributed by atoms with van der Waals surface area (Å²) in [5.74, 6) is -0.419. The first-order valence-corrected chi connectivity index (χ1v) is 2.50. The molecule has 0 aliphatic carbocycles. The van der Waals surface area contributed by atoms with Crippen molar-refractivity contribution in [3.8, 4) is 0 Å². The van der Waals surface area contributed by atoms with E-state index in [4.69, 9.17) is 5.73 Å². The molecule has 0 fully saturated rings. The second-order valence-corrected chi connectivity index (χ2v) is 1.60. The topological polar surface area (TPSA) is 56.0 Å². The number of aromatic nitrogens is 1. The molecule has 3 heteroatoms. The van der Waals surface area contributed by atoms with Crippen molar-refractivity contribution in [2.45, 2.75) is 0 Å². The Bertz CT molecular complexity index is 212. The number of pyridine rings is 1. The van der Waals surface area contributed by atoms with Crippen LogP contribution in [0, 0.1) is 0 Å². The second-order valence-electron chi connectivity index (χ2n) is 1.60. The number of carbonyl (C=O) groups is 1. The molecule has 0 unspecified atom stereocenters. The monoisotopic (exact) mass is 124 g/mol. The number of amides is 1. The smallest absolute Gasteiger partial charge is 0.248 e. The molecule has 0 saturated carbocycles. The minimum atomic E-state index is -0.419. The van der Waals surface area contributed by atoms with Crippen molar-refractivity contribution in [1.29, 1.82) is 0 Å². The zero-order valence-corrected chi connectivity index (χ0v) is 4.74. The SMILES string of the molecule is NC(=O)c1ccncc1.[HH]. The molecule has 48 valence electrons. The fourth-order valence-corrected chi connectivity index (χ4v) is 0.516. The summed E-state index contributed by atoms with van der Waals surface area (Å²) < 4.78 is 0. The molecule has 0 saturated heterocycles. The van der Waals surface area contributed by atoms with Crippen molar-refractivity contribution in [3.05, 3.63) is 30.1 Å². The van der Waals surface area contributed by atoms with Gasteiger partial charge >= 0.3 is 0 Å². The third-order valence-electron chi connectivity index (χ3n) is 0.965. The summed E-state index contributed by atoms with van der Waals surface area (Å²) in [6, 6.07) is 3.14. The van der Waals surface area contributed by atoms with Gasteiger partial charge in [0.2, 0.25) is 5.91 Å². The van der Waals surface area contributed by atoms with E-state index in [1.807, 2.05) is 0 Å². The average Bonchev–Trinajstić information content (AvgIpc) is 1.90. The molecular weight excluding hydrogens is 116 g/mol. The number of rotatable bonds is 1. The van der Waals surface area contributed by atoms with Gasteiger partial charge in [-0.05, 0) is 12.1 Å². The average molecular weight is 124 g/mol. The molecule has 0 atom stereocenters. The summed E-state index contributed by atoms with van der Waals surface area (Å²) in [4.78, 5) is 14.1. The van der Waals surface area contributed by atoms with Crippen LogP contribution in [0.2, 0.25) is 0 Å². The van der Waals surface area contributed by atoms with Crippen molar-refractivity contribution < 1.29 is 6.22 Å². The van der Waals surface area contributed by atoms with Crippen LogP contribution in [-0.4, -0.2) is 10.9 Å². The number of hydrogen-bond acceptors (Lipinski definition) is 2. The van der Waals surface area contributed by atoms with Crippen molar-refractivity contribution in [3.63, 3.8) is 0 Å². The molecular formula is C6H8N2O. The number of hydrogen-bond donors (Lipinski definition) is 1. The highest BCUT2D eigenvalue weighted by Gasteiger charge is 1.94. The first-order valence-electron chi connectivity index (χ1n) is 2.50. The van der Waals surface area contributed by atoms with Crippen molar-refractivity contribution in [2.24, 2.45) is 5.73 Å². The Morgan fingerprint density at radius 2 is 2.11 bits per heavy atom. The summed E-state index contributed by atoms with van der Waals surface area (Å²) in [6.07, 6.45) is 3.06. The lowest BCUT2D eigenvalue weighted by Crippen LogP contribution is -2.10. The zero-order chi connectivity index (χ0) is 6.69. The maximum absolute atomic E-state index is 10.4. The highest BCUT2D eigenvalue weighted by Crippen LogP contribution is 1.91. The minimum Gasteiger partial charge on any atom is -0.366 e. The summed E-state index contributed by atoms with van der Waals surface area (Å²) >= 11 is 0. The van der Waals surface area contributed by atoms with Crippen molar-refractivity contribution >= 4 is 5.91 Å². The maximum atomic E-state index is 10.4. The highest BCUT2D eigenvalue weighted by molar-refractivity contribution is 5.92. The van der Waals surface area contributed by atoms with Gasteiger partial charge in [-0.2, -0.15) is 0 Å². The molecule has 0 aromatic carbocycles. The molecule has 1 aromatic heterocycles. The van der Waals surface area contributed by atoms with E-state index in [0.717, 1.165) is 0 Å². The van der Waals surface area contributed by atoms with Crippen LogP contribution in [0.25, 0.3) is 0 Å². The maximum Gasteiger partial charge on any atom is 0.248 e. The van der Waals surface area contributed by atoms with Gasteiger partial charge in [-0.3, -0.25) is 9.78 Å². The van der Waals surface area contributed by atoms with E-state index in [1.54, 1.807) is 12.1 Å². The van der Waals surface area contributed by atoms with Gasteiger partial charge in [-0.25, -0.2) is 0 Å². The van der Waals surface area contributed by atoms with Crippen LogP contribution in [0.4, 0.5) is 0 Å². The number of carbonyl (C=O) groups excluding carboxylic acids is 1. The van der Waals surface area contributed by atoms with Crippen LogP contribution in [0.1, 0.15) is 11.8 Å². The number of nitrogens with two attached hydrogens (primary N) is 1. The Hall–Kier alpha value is -1.38. The first kappa shape index (κ1) is 5.75. The predicted octanol–water partition coefficient (Wildman–Crippen LogP) is 0.426. The minimum absolute atomic E-state index is 0. The molecule has 2 N–H and O–H groups in total. The van der Waals surface area contributed by atoms with Gasteiger partial charge in [0, 0.05) is 19.4 Å². The Labute approximate surface area is 54.0 Å². The van der Waals surface area contributed by atoms with E-state index in [9.17, 15) is 4.79 Å².